The van der Waals surface area contributed by atoms with Crippen LogP contribution in [0.5, 0.6) is 0 Å². The predicted molar refractivity (Wildman–Crippen MR) is 80.1 cm³/mol. The van der Waals surface area contributed by atoms with Crippen LogP contribution in [0.3, 0.4) is 0 Å². The second kappa shape index (κ2) is 6.37. The number of nitrogens with zero attached hydrogens (tertiary/aromatic N) is 1. The minimum absolute atomic E-state index is 0.0846. The summed E-state index contributed by atoms with van der Waals surface area (Å²) >= 11 is 0. The lowest BCUT2D eigenvalue weighted by atomic mass is 9.83. The molecule has 1 atom stereocenters. The first-order valence-corrected chi connectivity index (χ1v) is 8.10. The Hall–Kier alpha value is -1.60. The molecule has 2 heterocycles. The van der Waals surface area contributed by atoms with Crippen LogP contribution in [0, 0.1) is 0 Å². The lowest BCUT2D eigenvalue weighted by Crippen LogP contribution is -2.48. The van der Waals surface area contributed by atoms with Gasteiger partial charge in [-0.25, -0.2) is 0 Å². The Morgan fingerprint density at radius 1 is 1.29 bits per heavy atom. The molecular weight excluding hydrogens is 323 g/mol. The standard InChI is InChI=1S/C17H20F3NO3/c18-17(19,20)13-4-1-3-12(11-13)16(23)6-8-21(9-7-16)15(22)14-5-2-10-24-14/h1,3-4,11,14,23H,2,5-10H2. The molecule has 2 saturated heterocycles. The Labute approximate surface area is 138 Å². The van der Waals surface area contributed by atoms with Gasteiger partial charge < -0.3 is 14.7 Å². The van der Waals surface area contributed by atoms with Crippen molar-refractivity contribution >= 4 is 5.91 Å². The van der Waals surface area contributed by atoms with Crippen LogP contribution in [-0.4, -0.2) is 41.7 Å². The SMILES string of the molecule is O=C(C1CCCO1)N1CCC(O)(c2cccc(C(F)(F)F)c2)CC1. The van der Waals surface area contributed by atoms with Crippen LogP contribution in [0.2, 0.25) is 0 Å². The zero-order valence-corrected chi connectivity index (χ0v) is 13.2. The van der Waals surface area contributed by atoms with Crippen molar-refractivity contribution in [1.29, 1.82) is 0 Å². The van der Waals surface area contributed by atoms with Crippen molar-refractivity contribution in [3.63, 3.8) is 0 Å². The Balaban J connectivity index is 1.69. The van der Waals surface area contributed by atoms with E-state index in [0.29, 0.717) is 26.1 Å². The van der Waals surface area contributed by atoms with Crippen molar-refractivity contribution in [2.45, 2.75) is 43.6 Å². The minimum Gasteiger partial charge on any atom is -0.385 e. The highest BCUT2D eigenvalue weighted by Crippen LogP contribution is 2.37. The van der Waals surface area contributed by atoms with Gasteiger partial charge in [0.1, 0.15) is 6.10 Å². The van der Waals surface area contributed by atoms with Crippen LogP contribution in [0.4, 0.5) is 13.2 Å². The van der Waals surface area contributed by atoms with Gasteiger partial charge in [0.2, 0.25) is 0 Å². The number of hydrogen-bond donors (Lipinski definition) is 1. The molecule has 3 rings (SSSR count). The van der Waals surface area contributed by atoms with Gasteiger partial charge in [0.05, 0.1) is 11.2 Å². The summed E-state index contributed by atoms with van der Waals surface area (Å²) in [5, 5.41) is 10.8. The van der Waals surface area contributed by atoms with Gasteiger partial charge in [-0.15, -0.1) is 0 Å². The van der Waals surface area contributed by atoms with E-state index in [-0.39, 0.29) is 24.3 Å². The summed E-state index contributed by atoms with van der Waals surface area (Å²) in [6.45, 7) is 1.20. The summed E-state index contributed by atoms with van der Waals surface area (Å²) in [6.07, 6.45) is -2.86. The van der Waals surface area contributed by atoms with E-state index in [1.807, 2.05) is 0 Å². The smallest absolute Gasteiger partial charge is 0.385 e. The highest BCUT2D eigenvalue weighted by atomic mass is 19.4. The second-order valence-corrected chi connectivity index (χ2v) is 6.44. The van der Waals surface area contributed by atoms with E-state index in [4.69, 9.17) is 4.74 Å². The molecule has 7 heteroatoms. The third-order valence-electron chi connectivity index (χ3n) is 4.83. The van der Waals surface area contributed by atoms with Gasteiger partial charge in [0.25, 0.3) is 5.91 Å². The van der Waals surface area contributed by atoms with Gasteiger partial charge in [0, 0.05) is 19.7 Å². The largest absolute Gasteiger partial charge is 0.416 e. The molecule has 0 spiro atoms. The maximum Gasteiger partial charge on any atom is 0.416 e. The molecular formula is C17H20F3NO3. The number of halogens is 3. The van der Waals surface area contributed by atoms with E-state index >= 15 is 0 Å². The lowest BCUT2D eigenvalue weighted by molar-refractivity contribution is -0.145. The minimum atomic E-state index is -4.44. The van der Waals surface area contributed by atoms with Gasteiger partial charge in [-0.05, 0) is 43.4 Å². The normalized spacial score (nSPS) is 24.2. The summed E-state index contributed by atoms with van der Waals surface area (Å²) in [5.74, 6) is -0.0846. The van der Waals surface area contributed by atoms with Crippen molar-refractivity contribution in [2.24, 2.45) is 0 Å². The summed E-state index contributed by atoms with van der Waals surface area (Å²) < 4.78 is 43.9. The van der Waals surface area contributed by atoms with E-state index in [9.17, 15) is 23.1 Å². The average Bonchev–Trinajstić information content (AvgIpc) is 3.09. The first kappa shape index (κ1) is 17.2. The fourth-order valence-electron chi connectivity index (χ4n) is 3.35. The molecule has 1 amide bonds. The molecule has 132 valence electrons. The lowest BCUT2D eigenvalue weighted by Gasteiger charge is -2.39. The first-order chi connectivity index (χ1) is 11.3. The third kappa shape index (κ3) is 3.42. The number of likely N-dealkylation sites (tertiary alicyclic amines) is 1. The summed E-state index contributed by atoms with van der Waals surface area (Å²) in [6, 6.07) is 4.80. The molecule has 1 aromatic rings. The van der Waals surface area contributed by atoms with E-state index < -0.39 is 23.4 Å². The predicted octanol–water partition coefficient (Wildman–Crippen LogP) is 2.69. The van der Waals surface area contributed by atoms with Crippen molar-refractivity contribution < 1.29 is 27.8 Å². The zero-order valence-electron chi connectivity index (χ0n) is 13.2. The molecule has 4 nitrogen and oxygen atoms in total. The molecule has 2 aliphatic rings. The number of ether oxygens (including phenoxy) is 1. The molecule has 2 fully saturated rings. The van der Waals surface area contributed by atoms with Crippen LogP contribution >= 0.6 is 0 Å². The van der Waals surface area contributed by atoms with E-state index in [1.165, 1.54) is 12.1 Å². The topological polar surface area (TPSA) is 49.8 Å². The van der Waals surface area contributed by atoms with Crippen LogP contribution < -0.4 is 0 Å². The van der Waals surface area contributed by atoms with Crippen molar-refractivity contribution in [1.82, 2.24) is 4.90 Å². The van der Waals surface area contributed by atoms with Crippen LogP contribution in [-0.2, 0) is 21.3 Å². The molecule has 0 aliphatic carbocycles. The van der Waals surface area contributed by atoms with Crippen molar-refractivity contribution in [2.75, 3.05) is 19.7 Å². The van der Waals surface area contributed by atoms with E-state index in [0.717, 1.165) is 18.6 Å². The van der Waals surface area contributed by atoms with Crippen LogP contribution in [0.25, 0.3) is 0 Å². The molecule has 0 saturated carbocycles. The maximum absolute atomic E-state index is 12.9. The number of rotatable bonds is 2. The number of carbonyl (C=O) groups excluding carboxylic acids is 1. The number of hydrogen-bond acceptors (Lipinski definition) is 3. The van der Waals surface area contributed by atoms with E-state index in [1.54, 1.807) is 4.90 Å². The van der Waals surface area contributed by atoms with Gasteiger partial charge in [-0.1, -0.05) is 12.1 Å². The molecule has 2 aliphatic heterocycles. The fraction of sp³-hybridized carbons (Fsp3) is 0.588. The maximum atomic E-state index is 12.9. The summed E-state index contributed by atoms with van der Waals surface area (Å²) in [4.78, 5) is 13.9. The number of aliphatic hydroxyl groups is 1. The second-order valence-electron chi connectivity index (χ2n) is 6.44. The van der Waals surface area contributed by atoms with Crippen LogP contribution in [0.15, 0.2) is 24.3 Å². The van der Waals surface area contributed by atoms with Gasteiger partial charge in [-0.3, -0.25) is 4.79 Å². The third-order valence-corrected chi connectivity index (χ3v) is 4.83. The van der Waals surface area contributed by atoms with Gasteiger partial charge >= 0.3 is 6.18 Å². The molecule has 0 bridgehead atoms. The Kier molecular flexibility index (Phi) is 4.57. The summed E-state index contributed by atoms with van der Waals surface area (Å²) in [7, 11) is 0. The van der Waals surface area contributed by atoms with Gasteiger partial charge in [-0.2, -0.15) is 13.2 Å². The highest BCUT2D eigenvalue weighted by Gasteiger charge is 2.39. The molecule has 1 aromatic carbocycles. The Morgan fingerprint density at radius 3 is 2.58 bits per heavy atom. The Morgan fingerprint density at radius 2 is 2.00 bits per heavy atom. The Bertz CT molecular complexity index is 603. The number of piperidine rings is 1. The average molecular weight is 343 g/mol. The van der Waals surface area contributed by atoms with Crippen molar-refractivity contribution in [3.8, 4) is 0 Å². The fourth-order valence-corrected chi connectivity index (χ4v) is 3.35. The van der Waals surface area contributed by atoms with E-state index in [2.05, 4.69) is 0 Å². The zero-order chi connectivity index (χ0) is 17.4. The highest BCUT2D eigenvalue weighted by molar-refractivity contribution is 5.81. The monoisotopic (exact) mass is 343 g/mol. The quantitative estimate of drug-likeness (QED) is 0.898. The molecule has 24 heavy (non-hydrogen) atoms. The van der Waals surface area contributed by atoms with Gasteiger partial charge in [0.15, 0.2) is 0 Å². The molecule has 1 N–H and O–H groups in total. The molecule has 0 radical (unpaired) electrons. The number of amides is 1. The number of benzene rings is 1. The summed E-state index contributed by atoms with van der Waals surface area (Å²) in [5.41, 5.74) is -1.86. The molecule has 1 unspecified atom stereocenters. The van der Waals surface area contributed by atoms with Crippen molar-refractivity contribution in [3.05, 3.63) is 35.4 Å². The number of carbonyl (C=O) groups is 1. The molecule has 0 aromatic heterocycles. The first-order valence-electron chi connectivity index (χ1n) is 8.10. The van der Waals surface area contributed by atoms with Crippen LogP contribution in [0.1, 0.15) is 36.8 Å². The number of alkyl halides is 3.